The third-order valence-corrected chi connectivity index (χ3v) is 3.31. The number of benzene rings is 1. The highest BCUT2D eigenvalue weighted by atomic mass is 19.1. The Balaban J connectivity index is 1.93. The monoisotopic (exact) mass is 273 g/mol. The first kappa shape index (κ1) is 12.8. The van der Waals surface area contributed by atoms with E-state index in [1.54, 1.807) is 6.92 Å². The Morgan fingerprint density at radius 3 is 2.90 bits per heavy atom. The van der Waals surface area contributed by atoms with Crippen LogP contribution < -0.4 is 10.1 Å². The van der Waals surface area contributed by atoms with E-state index >= 15 is 0 Å². The second kappa shape index (κ2) is 5.07. The number of hydrogen-bond acceptors (Lipinski definition) is 4. The molecule has 20 heavy (non-hydrogen) atoms. The van der Waals surface area contributed by atoms with Crippen LogP contribution in [0.2, 0.25) is 0 Å². The fourth-order valence-corrected chi connectivity index (χ4v) is 2.34. The predicted molar refractivity (Wildman–Crippen MR) is 74.4 cm³/mol. The van der Waals surface area contributed by atoms with Crippen molar-refractivity contribution in [2.45, 2.75) is 26.4 Å². The first-order valence-electron chi connectivity index (χ1n) is 6.71. The van der Waals surface area contributed by atoms with Gasteiger partial charge in [-0.25, -0.2) is 14.4 Å². The van der Waals surface area contributed by atoms with E-state index in [2.05, 4.69) is 15.3 Å². The zero-order valence-corrected chi connectivity index (χ0v) is 11.5. The number of fused-ring (bicyclic) bond motifs is 1. The maximum Gasteiger partial charge on any atom is 0.186 e. The van der Waals surface area contributed by atoms with Crippen molar-refractivity contribution in [2.75, 3.05) is 11.9 Å². The molecule has 1 aliphatic rings. The molecule has 4 nitrogen and oxygen atoms in total. The van der Waals surface area contributed by atoms with Gasteiger partial charge in [0.05, 0.1) is 5.69 Å². The number of aromatic nitrogens is 2. The van der Waals surface area contributed by atoms with Gasteiger partial charge in [-0.3, -0.25) is 0 Å². The van der Waals surface area contributed by atoms with Gasteiger partial charge in [-0.1, -0.05) is 18.2 Å². The minimum absolute atomic E-state index is 0.245. The molecule has 104 valence electrons. The largest absolute Gasteiger partial charge is 0.482 e. The molecule has 2 heterocycles. The Labute approximate surface area is 117 Å². The second-order valence-corrected chi connectivity index (χ2v) is 4.78. The average molecular weight is 273 g/mol. The smallest absolute Gasteiger partial charge is 0.186 e. The van der Waals surface area contributed by atoms with Gasteiger partial charge >= 0.3 is 0 Å². The molecular weight excluding hydrogens is 257 g/mol. The van der Waals surface area contributed by atoms with Gasteiger partial charge in [-0.05, 0) is 25.5 Å². The summed E-state index contributed by atoms with van der Waals surface area (Å²) in [5.41, 5.74) is 1.47. The quantitative estimate of drug-likeness (QED) is 0.933. The van der Waals surface area contributed by atoms with E-state index in [0.29, 0.717) is 24.5 Å². The Kier molecular flexibility index (Phi) is 3.26. The van der Waals surface area contributed by atoms with Crippen LogP contribution in [-0.2, 0) is 6.42 Å². The van der Waals surface area contributed by atoms with Gasteiger partial charge < -0.3 is 10.1 Å². The van der Waals surface area contributed by atoms with E-state index in [4.69, 9.17) is 4.74 Å². The normalized spacial score (nSPS) is 16.6. The predicted octanol–water partition coefficient (Wildman–Crippen LogP) is 3.03. The van der Waals surface area contributed by atoms with Crippen LogP contribution in [0.15, 0.2) is 24.3 Å². The number of nitrogens with zero attached hydrogens (tertiary/aromatic N) is 2. The lowest BCUT2D eigenvalue weighted by atomic mass is 10.1. The fourth-order valence-electron chi connectivity index (χ4n) is 2.34. The second-order valence-electron chi connectivity index (χ2n) is 4.78. The van der Waals surface area contributed by atoms with Crippen LogP contribution >= 0.6 is 0 Å². The number of anilines is 1. The van der Waals surface area contributed by atoms with Gasteiger partial charge in [-0.2, -0.15) is 0 Å². The van der Waals surface area contributed by atoms with E-state index < -0.39 is 5.82 Å². The Morgan fingerprint density at radius 1 is 1.35 bits per heavy atom. The summed E-state index contributed by atoms with van der Waals surface area (Å²) in [6.45, 7) is 4.15. The number of aryl methyl sites for hydroxylation is 1. The molecule has 5 heteroatoms. The van der Waals surface area contributed by atoms with Crippen LogP contribution in [-0.4, -0.2) is 16.5 Å². The molecule has 0 bridgehead atoms. The standard InChI is InChI=1S/C15H16FN3O/c1-3-17-15-13(16)9(2)18-14(19-15)12-8-10-6-4-5-7-11(10)20-12/h4-7,12H,3,8H2,1-2H3,(H,17,18,19). The molecule has 1 aromatic heterocycles. The SMILES string of the molecule is CCNc1nc(C2Cc3ccccc3O2)nc(C)c1F. The van der Waals surface area contributed by atoms with Crippen molar-refractivity contribution in [2.24, 2.45) is 0 Å². The Morgan fingerprint density at radius 2 is 2.15 bits per heavy atom. The number of hydrogen-bond donors (Lipinski definition) is 1. The van der Waals surface area contributed by atoms with E-state index in [1.165, 1.54) is 0 Å². The molecular formula is C15H16FN3O. The maximum absolute atomic E-state index is 13.9. The van der Waals surface area contributed by atoms with E-state index in [0.717, 1.165) is 11.3 Å². The molecule has 0 spiro atoms. The molecule has 1 aliphatic heterocycles. The summed E-state index contributed by atoms with van der Waals surface area (Å²) in [5.74, 6) is 1.23. The summed E-state index contributed by atoms with van der Waals surface area (Å²) >= 11 is 0. The summed E-state index contributed by atoms with van der Waals surface area (Å²) in [6.07, 6.45) is 0.469. The molecule has 1 unspecified atom stereocenters. The van der Waals surface area contributed by atoms with Crippen LogP contribution in [0.25, 0.3) is 0 Å². The molecule has 0 amide bonds. The zero-order valence-electron chi connectivity index (χ0n) is 11.5. The van der Waals surface area contributed by atoms with E-state index in [9.17, 15) is 4.39 Å². The molecule has 0 radical (unpaired) electrons. The van der Waals surface area contributed by atoms with Gasteiger partial charge in [0.1, 0.15) is 5.75 Å². The minimum atomic E-state index is -0.397. The van der Waals surface area contributed by atoms with Crippen LogP contribution in [0, 0.1) is 12.7 Å². The summed E-state index contributed by atoms with van der Waals surface area (Å²) in [7, 11) is 0. The van der Waals surface area contributed by atoms with Crippen molar-refractivity contribution in [3.8, 4) is 5.75 Å². The first-order chi connectivity index (χ1) is 9.69. The molecule has 0 aliphatic carbocycles. The maximum atomic E-state index is 13.9. The number of para-hydroxylation sites is 1. The number of nitrogens with one attached hydrogen (secondary N) is 1. The van der Waals surface area contributed by atoms with Gasteiger partial charge in [0.25, 0.3) is 0 Å². The Bertz CT molecular complexity index is 620. The van der Waals surface area contributed by atoms with Gasteiger partial charge in [0, 0.05) is 13.0 Å². The van der Waals surface area contributed by atoms with Crippen molar-refractivity contribution in [1.82, 2.24) is 9.97 Å². The topological polar surface area (TPSA) is 47.0 Å². The lowest BCUT2D eigenvalue weighted by molar-refractivity contribution is 0.227. The van der Waals surface area contributed by atoms with Gasteiger partial charge in [0.2, 0.25) is 0 Å². The number of ether oxygens (including phenoxy) is 1. The molecule has 0 fully saturated rings. The molecule has 1 atom stereocenters. The Hall–Kier alpha value is -2.17. The summed E-state index contributed by atoms with van der Waals surface area (Å²) < 4.78 is 19.7. The lowest BCUT2D eigenvalue weighted by Gasteiger charge is -2.13. The van der Waals surface area contributed by atoms with Crippen LogP contribution in [0.5, 0.6) is 5.75 Å². The highest BCUT2D eigenvalue weighted by Gasteiger charge is 2.27. The average Bonchev–Trinajstić information content (AvgIpc) is 2.87. The first-order valence-corrected chi connectivity index (χ1v) is 6.71. The van der Waals surface area contributed by atoms with E-state index in [1.807, 2.05) is 31.2 Å². The van der Waals surface area contributed by atoms with Crippen molar-refractivity contribution in [1.29, 1.82) is 0 Å². The molecule has 2 aromatic rings. The van der Waals surface area contributed by atoms with Crippen LogP contribution in [0.4, 0.5) is 10.2 Å². The molecule has 1 aromatic carbocycles. The number of rotatable bonds is 3. The highest BCUT2D eigenvalue weighted by molar-refractivity contribution is 5.41. The van der Waals surface area contributed by atoms with Crippen molar-refractivity contribution in [3.63, 3.8) is 0 Å². The summed E-state index contributed by atoms with van der Waals surface area (Å²) in [4.78, 5) is 8.50. The summed E-state index contributed by atoms with van der Waals surface area (Å²) in [6, 6.07) is 7.86. The third kappa shape index (κ3) is 2.19. The minimum Gasteiger partial charge on any atom is -0.482 e. The van der Waals surface area contributed by atoms with Gasteiger partial charge in [0.15, 0.2) is 23.6 Å². The van der Waals surface area contributed by atoms with Crippen LogP contribution in [0.1, 0.15) is 30.1 Å². The highest BCUT2D eigenvalue weighted by Crippen LogP contribution is 2.35. The number of halogens is 1. The van der Waals surface area contributed by atoms with Gasteiger partial charge in [-0.15, -0.1) is 0 Å². The third-order valence-electron chi connectivity index (χ3n) is 3.31. The summed E-state index contributed by atoms with van der Waals surface area (Å²) in [5, 5.41) is 2.92. The molecule has 3 rings (SSSR count). The molecule has 1 N–H and O–H groups in total. The van der Waals surface area contributed by atoms with Crippen molar-refractivity contribution in [3.05, 3.63) is 47.2 Å². The zero-order chi connectivity index (χ0) is 14.1. The lowest BCUT2D eigenvalue weighted by Crippen LogP contribution is -2.14. The van der Waals surface area contributed by atoms with Crippen LogP contribution in [0.3, 0.4) is 0 Å². The fraction of sp³-hybridized carbons (Fsp3) is 0.333. The van der Waals surface area contributed by atoms with Crippen molar-refractivity contribution >= 4 is 5.82 Å². The van der Waals surface area contributed by atoms with Crippen molar-refractivity contribution < 1.29 is 9.13 Å². The molecule has 0 saturated heterocycles. The van der Waals surface area contributed by atoms with E-state index in [-0.39, 0.29) is 11.9 Å². The molecule has 0 saturated carbocycles.